The number of aryl methyl sites for hydroxylation is 1. The molecule has 0 spiro atoms. The second-order valence-corrected chi connectivity index (χ2v) is 12.3. The second-order valence-electron chi connectivity index (χ2n) is 12.3. The standard InChI is InChI=1S/C17H25NO.C16H23NO2.CH4.HI/c1-3-8-18-9-4-5-14-10-15-13(11-16(14)18)7-6-12(2)17(15)19;1-2-7-17-8-3-4-12-9-13-11(10-14(12)17)5-6-15(18)16(13)19;;/h6-7,14,16,19H,3-5,8-11H2,1-2H3;5-6,12,14,18-19H,2-4,7-10H2,1H3;1H4;1H/t14-,16-;12-,14-;;/m11../s1. The first-order chi connectivity index (χ1) is 18.4. The van der Waals surface area contributed by atoms with E-state index in [1.54, 1.807) is 6.07 Å². The zero-order chi connectivity index (χ0) is 26.8. The van der Waals surface area contributed by atoms with Gasteiger partial charge in [0, 0.05) is 17.6 Å². The molecule has 2 aromatic rings. The molecule has 0 bridgehead atoms. The number of hydrogen-bond acceptors (Lipinski definition) is 5. The molecule has 2 heterocycles. The summed E-state index contributed by atoms with van der Waals surface area (Å²) in [6.07, 6.45) is 11.8. The number of phenolic OH excluding ortho intramolecular Hbond substituents is 3. The van der Waals surface area contributed by atoms with E-state index in [-0.39, 0.29) is 42.9 Å². The summed E-state index contributed by atoms with van der Waals surface area (Å²) in [5.74, 6) is 2.09. The van der Waals surface area contributed by atoms with Gasteiger partial charge in [0.25, 0.3) is 0 Å². The van der Waals surface area contributed by atoms with Gasteiger partial charge in [-0.15, -0.1) is 24.0 Å². The summed E-state index contributed by atoms with van der Waals surface area (Å²) in [5.41, 5.74) is 5.85. The fraction of sp³-hybridized carbons (Fsp3) is 0.647. The number of aromatic hydroxyl groups is 3. The van der Waals surface area contributed by atoms with Gasteiger partial charge < -0.3 is 15.3 Å². The van der Waals surface area contributed by atoms with E-state index in [1.807, 2.05) is 13.0 Å². The first-order valence-electron chi connectivity index (χ1n) is 15.2. The molecule has 0 aromatic heterocycles. The molecule has 40 heavy (non-hydrogen) atoms. The van der Waals surface area contributed by atoms with Gasteiger partial charge in [0.1, 0.15) is 5.75 Å². The number of rotatable bonds is 4. The Labute approximate surface area is 260 Å². The van der Waals surface area contributed by atoms with Crippen LogP contribution < -0.4 is 0 Å². The third-order valence-electron chi connectivity index (χ3n) is 9.82. The predicted octanol–water partition coefficient (Wildman–Crippen LogP) is 7.23. The van der Waals surface area contributed by atoms with E-state index in [0.29, 0.717) is 23.8 Å². The molecule has 2 aliphatic heterocycles. The molecular formula is C34H53IN2O3. The zero-order valence-corrected chi connectivity index (χ0v) is 26.5. The van der Waals surface area contributed by atoms with Crippen molar-refractivity contribution < 1.29 is 15.3 Å². The first-order valence-corrected chi connectivity index (χ1v) is 15.2. The van der Waals surface area contributed by atoms with Crippen molar-refractivity contribution in [3.05, 3.63) is 52.1 Å². The first kappa shape index (κ1) is 33.0. The summed E-state index contributed by atoms with van der Waals surface area (Å²) in [6, 6.07) is 9.26. The van der Waals surface area contributed by atoms with Gasteiger partial charge in [-0.2, -0.15) is 0 Å². The summed E-state index contributed by atoms with van der Waals surface area (Å²) >= 11 is 0. The van der Waals surface area contributed by atoms with Crippen molar-refractivity contribution in [2.24, 2.45) is 11.8 Å². The van der Waals surface area contributed by atoms with Crippen LogP contribution in [0.3, 0.4) is 0 Å². The van der Waals surface area contributed by atoms with E-state index in [0.717, 1.165) is 42.7 Å². The smallest absolute Gasteiger partial charge is 0.160 e. The van der Waals surface area contributed by atoms with Gasteiger partial charge in [-0.1, -0.05) is 39.5 Å². The Morgan fingerprint density at radius 1 is 0.700 bits per heavy atom. The Morgan fingerprint density at radius 3 is 1.68 bits per heavy atom. The van der Waals surface area contributed by atoms with E-state index in [9.17, 15) is 15.3 Å². The molecule has 4 atom stereocenters. The number of benzene rings is 2. The molecule has 2 saturated heterocycles. The molecule has 2 fully saturated rings. The molecule has 2 aromatic carbocycles. The maximum absolute atomic E-state index is 10.3. The lowest BCUT2D eigenvalue weighted by Crippen LogP contribution is -2.49. The van der Waals surface area contributed by atoms with Crippen LogP contribution in [0.15, 0.2) is 24.3 Å². The molecule has 3 N–H and O–H groups in total. The number of likely N-dealkylation sites (tertiary alicyclic amines) is 2. The van der Waals surface area contributed by atoms with Gasteiger partial charge in [0.05, 0.1) is 0 Å². The average Bonchev–Trinajstić information content (AvgIpc) is 2.93. The van der Waals surface area contributed by atoms with Crippen LogP contribution in [0.1, 0.15) is 87.6 Å². The van der Waals surface area contributed by atoms with Crippen molar-refractivity contribution in [3.63, 3.8) is 0 Å². The van der Waals surface area contributed by atoms with Crippen molar-refractivity contribution in [3.8, 4) is 17.2 Å². The van der Waals surface area contributed by atoms with Gasteiger partial charge in [-0.05, 0) is 137 Å². The minimum absolute atomic E-state index is 0. The highest BCUT2D eigenvalue weighted by Gasteiger charge is 2.37. The topological polar surface area (TPSA) is 67.2 Å². The summed E-state index contributed by atoms with van der Waals surface area (Å²) in [7, 11) is 0. The van der Waals surface area contributed by atoms with Crippen LogP contribution in [0, 0.1) is 18.8 Å². The van der Waals surface area contributed by atoms with Crippen LogP contribution in [-0.4, -0.2) is 63.4 Å². The third-order valence-corrected chi connectivity index (χ3v) is 9.82. The quantitative estimate of drug-likeness (QED) is 0.238. The van der Waals surface area contributed by atoms with Crippen LogP contribution in [-0.2, 0) is 25.7 Å². The molecule has 5 nitrogen and oxygen atoms in total. The maximum Gasteiger partial charge on any atom is 0.160 e. The summed E-state index contributed by atoms with van der Waals surface area (Å²) in [4.78, 5) is 5.31. The highest BCUT2D eigenvalue weighted by Crippen LogP contribution is 2.42. The monoisotopic (exact) mass is 664 g/mol. The number of hydrogen-bond donors (Lipinski definition) is 3. The van der Waals surface area contributed by atoms with Gasteiger partial charge in [0.15, 0.2) is 11.5 Å². The molecule has 0 amide bonds. The number of nitrogens with zero attached hydrogens (tertiary/aromatic N) is 2. The fourth-order valence-electron chi connectivity index (χ4n) is 7.90. The van der Waals surface area contributed by atoms with Gasteiger partial charge >= 0.3 is 0 Å². The summed E-state index contributed by atoms with van der Waals surface area (Å²) < 4.78 is 0. The van der Waals surface area contributed by atoms with Crippen LogP contribution >= 0.6 is 24.0 Å². The fourth-order valence-corrected chi connectivity index (χ4v) is 7.90. The minimum atomic E-state index is 0. The van der Waals surface area contributed by atoms with Crippen LogP contribution in [0.2, 0.25) is 0 Å². The van der Waals surface area contributed by atoms with E-state index < -0.39 is 0 Å². The second kappa shape index (κ2) is 14.6. The van der Waals surface area contributed by atoms with E-state index in [4.69, 9.17) is 0 Å². The maximum atomic E-state index is 10.3. The van der Waals surface area contributed by atoms with Gasteiger partial charge in [0.2, 0.25) is 0 Å². The van der Waals surface area contributed by atoms with Gasteiger partial charge in [-0.3, -0.25) is 9.80 Å². The molecule has 0 unspecified atom stereocenters. The molecule has 0 saturated carbocycles. The number of piperidine rings is 2. The number of phenols is 3. The molecule has 6 rings (SSSR count). The van der Waals surface area contributed by atoms with Crippen LogP contribution in [0.25, 0.3) is 0 Å². The average molecular weight is 665 g/mol. The van der Waals surface area contributed by atoms with Crippen molar-refractivity contribution in [2.45, 2.75) is 104 Å². The Kier molecular flexibility index (Phi) is 12.0. The molecule has 6 heteroatoms. The molecule has 4 aliphatic rings. The molecule has 224 valence electrons. The van der Waals surface area contributed by atoms with Crippen molar-refractivity contribution in [1.29, 1.82) is 0 Å². The zero-order valence-electron chi connectivity index (χ0n) is 24.2. The van der Waals surface area contributed by atoms with E-state index >= 15 is 0 Å². The van der Waals surface area contributed by atoms with E-state index in [2.05, 4.69) is 35.8 Å². The van der Waals surface area contributed by atoms with Crippen LogP contribution in [0.5, 0.6) is 17.2 Å². The van der Waals surface area contributed by atoms with Crippen molar-refractivity contribution in [1.82, 2.24) is 9.80 Å². The lowest BCUT2D eigenvalue weighted by Gasteiger charge is -2.44. The van der Waals surface area contributed by atoms with Crippen molar-refractivity contribution >= 4 is 24.0 Å². The number of fused-ring (bicyclic) bond motifs is 4. The molecular weight excluding hydrogens is 611 g/mol. The lowest BCUT2D eigenvalue weighted by atomic mass is 9.74. The molecule has 0 radical (unpaired) electrons. The third kappa shape index (κ3) is 6.75. The highest BCUT2D eigenvalue weighted by atomic mass is 127. The minimum Gasteiger partial charge on any atom is -0.507 e. The highest BCUT2D eigenvalue weighted by molar-refractivity contribution is 14.0. The SMILES string of the molecule is C.CCCN1CCC[C@@H]2Cc3c(ccc(C)c3O)C[C@H]21.CCCN1CCC[C@@H]2Cc3c(ccc(O)c3O)C[C@H]21.I. The normalized spacial score (nSPS) is 25.5. The Bertz CT molecular complexity index is 1030. The van der Waals surface area contributed by atoms with Crippen molar-refractivity contribution in [2.75, 3.05) is 26.2 Å². The lowest BCUT2D eigenvalue weighted by molar-refractivity contribution is 0.0848. The number of halogens is 1. The predicted molar refractivity (Wildman–Crippen MR) is 176 cm³/mol. The molecule has 2 aliphatic carbocycles. The van der Waals surface area contributed by atoms with Gasteiger partial charge in [-0.25, -0.2) is 0 Å². The largest absolute Gasteiger partial charge is 0.507 e. The summed E-state index contributed by atoms with van der Waals surface area (Å²) in [5, 5.41) is 30.0. The van der Waals surface area contributed by atoms with E-state index in [1.165, 1.54) is 81.4 Å². The summed E-state index contributed by atoms with van der Waals surface area (Å²) in [6.45, 7) is 11.4. The Balaban J connectivity index is 0.000000210. The Hall–Kier alpha value is -1.51. The Morgan fingerprint density at radius 2 is 1.18 bits per heavy atom. The van der Waals surface area contributed by atoms with Crippen LogP contribution in [0.4, 0.5) is 0 Å².